The zero-order chi connectivity index (χ0) is 14.6. The van der Waals surface area contributed by atoms with Gasteiger partial charge in [0.05, 0.1) is 11.2 Å². The van der Waals surface area contributed by atoms with Crippen LogP contribution in [-0.2, 0) is 4.79 Å². The molecule has 0 spiro atoms. The van der Waals surface area contributed by atoms with Gasteiger partial charge >= 0.3 is 0 Å². The second-order valence-corrected chi connectivity index (χ2v) is 5.00. The topological polar surface area (TPSA) is 102 Å². The molecule has 20 heavy (non-hydrogen) atoms. The van der Waals surface area contributed by atoms with Crippen LogP contribution in [0.15, 0.2) is 24.3 Å². The van der Waals surface area contributed by atoms with Gasteiger partial charge in [-0.25, -0.2) is 0 Å². The third kappa shape index (κ3) is 3.48. The molecule has 6 heteroatoms. The maximum absolute atomic E-state index is 11.6. The molecule has 1 fully saturated rings. The largest absolute Gasteiger partial charge is 0.483 e. The van der Waals surface area contributed by atoms with Crippen LogP contribution in [0.25, 0.3) is 0 Å². The molecular formula is C14H18N2O4. The van der Waals surface area contributed by atoms with Gasteiger partial charge in [-0.3, -0.25) is 9.59 Å². The highest BCUT2D eigenvalue weighted by Crippen LogP contribution is 2.30. The first-order valence-corrected chi connectivity index (χ1v) is 6.51. The maximum atomic E-state index is 11.6. The fourth-order valence-corrected chi connectivity index (χ4v) is 2.02. The van der Waals surface area contributed by atoms with Crippen LogP contribution < -0.4 is 15.8 Å². The number of para-hydroxylation sites is 1. The minimum atomic E-state index is -0.763. The molecule has 0 unspecified atom stereocenters. The van der Waals surface area contributed by atoms with Gasteiger partial charge in [-0.05, 0) is 31.4 Å². The number of rotatable bonds is 6. The predicted molar refractivity (Wildman–Crippen MR) is 72.3 cm³/mol. The Kier molecular flexibility index (Phi) is 4.24. The third-order valence-electron chi connectivity index (χ3n) is 3.41. The zero-order valence-electron chi connectivity index (χ0n) is 11.1. The Balaban J connectivity index is 1.82. The SMILES string of the molecule is NC(=O)c1ccccc1OCC(=O)NCC1(O)CCC1. The molecule has 1 aliphatic carbocycles. The standard InChI is InChI=1S/C14H18N2O4/c15-13(18)10-4-1-2-5-11(10)20-8-12(17)16-9-14(19)6-3-7-14/h1-2,4-5,19H,3,6-9H2,(H2,15,18)(H,16,17). The van der Waals surface area contributed by atoms with E-state index >= 15 is 0 Å². The van der Waals surface area contributed by atoms with Crippen molar-refractivity contribution in [3.05, 3.63) is 29.8 Å². The minimum absolute atomic E-state index is 0.222. The number of hydrogen-bond donors (Lipinski definition) is 3. The summed E-state index contributed by atoms with van der Waals surface area (Å²) in [5, 5.41) is 12.5. The highest BCUT2D eigenvalue weighted by molar-refractivity contribution is 5.95. The smallest absolute Gasteiger partial charge is 0.258 e. The second kappa shape index (κ2) is 5.92. The van der Waals surface area contributed by atoms with E-state index in [1.165, 1.54) is 6.07 Å². The van der Waals surface area contributed by atoms with Gasteiger partial charge in [-0.1, -0.05) is 12.1 Å². The molecule has 1 aliphatic rings. The van der Waals surface area contributed by atoms with Crippen molar-refractivity contribution in [1.29, 1.82) is 0 Å². The van der Waals surface area contributed by atoms with E-state index in [0.717, 1.165) is 6.42 Å². The lowest BCUT2D eigenvalue weighted by Crippen LogP contribution is -2.48. The van der Waals surface area contributed by atoms with E-state index in [4.69, 9.17) is 10.5 Å². The Labute approximate surface area is 116 Å². The van der Waals surface area contributed by atoms with Crippen LogP contribution in [0.4, 0.5) is 0 Å². The number of ether oxygens (including phenoxy) is 1. The van der Waals surface area contributed by atoms with Crippen molar-refractivity contribution < 1.29 is 19.4 Å². The first-order valence-electron chi connectivity index (χ1n) is 6.51. The summed E-state index contributed by atoms with van der Waals surface area (Å²) in [4.78, 5) is 22.8. The van der Waals surface area contributed by atoms with Gasteiger partial charge in [0.15, 0.2) is 6.61 Å². The molecular weight excluding hydrogens is 260 g/mol. The lowest BCUT2D eigenvalue weighted by atomic mass is 9.80. The van der Waals surface area contributed by atoms with E-state index in [1.807, 2.05) is 0 Å². The number of nitrogens with two attached hydrogens (primary N) is 1. The molecule has 0 atom stereocenters. The summed E-state index contributed by atoms with van der Waals surface area (Å²) in [6, 6.07) is 6.47. The van der Waals surface area contributed by atoms with E-state index in [2.05, 4.69) is 5.32 Å². The van der Waals surface area contributed by atoms with Crippen molar-refractivity contribution in [2.24, 2.45) is 5.73 Å². The van der Waals surface area contributed by atoms with E-state index in [1.54, 1.807) is 18.2 Å². The zero-order valence-corrected chi connectivity index (χ0v) is 11.1. The molecule has 6 nitrogen and oxygen atoms in total. The Morgan fingerprint density at radius 3 is 2.65 bits per heavy atom. The summed E-state index contributed by atoms with van der Waals surface area (Å²) in [6.45, 7) is 0.00698. The fraction of sp³-hybridized carbons (Fsp3) is 0.429. The maximum Gasteiger partial charge on any atom is 0.258 e. The monoisotopic (exact) mass is 278 g/mol. The number of amides is 2. The Morgan fingerprint density at radius 1 is 1.35 bits per heavy atom. The number of hydrogen-bond acceptors (Lipinski definition) is 4. The Bertz CT molecular complexity index is 512. The van der Waals surface area contributed by atoms with Gasteiger partial charge in [0.2, 0.25) is 0 Å². The van der Waals surface area contributed by atoms with Crippen molar-refractivity contribution in [2.75, 3.05) is 13.2 Å². The van der Waals surface area contributed by atoms with Crippen molar-refractivity contribution in [1.82, 2.24) is 5.32 Å². The van der Waals surface area contributed by atoms with Gasteiger partial charge < -0.3 is 20.9 Å². The van der Waals surface area contributed by atoms with Crippen LogP contribution in [0.3, 0.4) is 0 Å². The molecule has 0 aliphatic heterocycles. The summed E-state index contributed by atoms with van der Waals surface area (Å²) >= 11 is 0. The van der Waals surface area contributed by atoms with E-state index < -0.39 is 11.5 Å². The van der Waals surface area contributed by atoms with Crippen LogP contribution in [0, 0.1) is 0 Å². The minimum Gasteiger partial charge on any atom is -0.483 e. The first kappa shape index (κ1) is 14.3. The molecule has 1 aromatic carbocycles. The fourth-order valence-electron chi connectivity index (χ4n) is 2.02. The van der Waals surface area contributed by atoms with Crippen LogP contribution in [0.2, 0.25) is 0 Å². The summed E-state index contributed by atoms with van der Waals surface area (Å²) < 4.78 is 5.28. The van der Waals surface area contributed by atoms with Gasteiger partial charge in [0, 0.05) is 6.54 Å². The lowest BCUT2D eigenvalue weighted by molar-refractivity contribution is -0.125. The number of primary amides is 1. The number of benzene rings is 1. The molecule has 2 amide bonds. The van der Waals surface area contributed by atoms with E-state index in [-0.39, 0.29) is 30.4 Å². The summed E-state index contributed by atoms with van der Waals surface area (Å²) in [5.41, 5.74) is 4.68. The highest BCUT2D eigenvalue weighted by atomic mass is 16.5. The highest BCUT2D eigenvalue weighted by Gasteiger charge is 2.34. The average Bonchev–Trinajstić information content (AvgIpc) is 2.41. The molecule has 0 aromatic heterocycles. The van der Waals surface area contributed by atoms with Gasteiger partial charge in [-0.15, -0.1) is 0 Å². The third-order valence-corrected chi connectivity index (χ3v) is 3.41. The summed E-state index contributed by atoms with van der Waals surface area (Å²) in [7, 11) is 0. The van der Waals surface area contributed by atoms with Crippen LogP contribution >= 0.6 is 0 Å². The molecule has 4 N–H and O–H groups in total. The molecule has 1 aromatic rings. The Morgan fingerprint density at radius 2 is 2.05 bits per heavy atom. The summed E-state index contributed by atoms with van der Waals surface area (Å²) in [6.07, 6.45) is 2.39. The molecule has 1 saturated carbocycles. The summed E-state index contributed by atoms with van der Waals surface area (Å²) in [5.74, 6) is -0.674. The van der Waals surface area contributed by atoms with Gasteiger partial charge in [-0.2, -0.15) is 0 Å². The first-order chi connectivity index (χ1) is 9.50. The quantitative estimate of drug-likeness (QED) is 0.691. The van der Waals surface area contributed by atoms with Crippen LogP contribution in [-0.4, -0.2) is 35.7 Å². The van der Waals surface area contributed by atoms with Gasteiger partial charge in [0.1, 0.15) is 5.75 Å². The van der Waals surface area contributed by atoms with Crippen molar-refractivity contribution in [3.63, 3.8) is 0 Å². The lowest BCUT2D eigenvalue weighted by Gasteiger charge is -2.36. The molecule has 0 bridgehead atoms. The van der Waals surface area contributed by atoms with Crippen LogP contribution in [0.5, 0.6) is 5.75 Å². The van der Waals surface area contributed by atoms with E-state index in [9.17, 15) is 14.7 Å². The Hall–Kier alpha value is -2.08. The predicted octanol–water partition coefficient (Wildman–Crippen LogP) is 0.195. The molecule has 0 saturated heterocycles. The normalized spacial score (nSPS) is 16.1. The van der Waals surface area contributed by atoms with Crippen molar-refractivity contribution in [2.45, 2.75) is 24.9 Å². The number of carbonyl (C=O) groups excluding carboxylic acids is 2. The molecule has 0 heterocycles. The number of carbonyl (C=O) groups is 2. The average molecular weight is 278 g/mol. The second-order valence-electron chi connectivity index (χ2n) is 5.00. The van der Waals surface area contributed by atoms with Crippen molar-refractivity contribution in [3.8, 4) is 5.75 Å². The van der Waals surface area contributed by atoms with Crippen LogP contribution in [0.1, 0.15) is 29.6 Å². The molecule has 2 rings (SSSR count). The van der Waals surface area contributed by atoms with E-state index in [0.29, 0.717) is 12.8 Å². The van der Waals surface area contributed by atoms with Gasteiger partial charge in [0.25, 0.3) is 11.8 Å². The molecule has 108 valence electrons. The number of nitrogens with one attached hydrogen (secondary N) is 1. The number of aliphatic hydroxyl groups is 1. The van der Waals surface area contributed by atoms with Crippen molar-refractivity contribution >= 4 is 11.8 Å². The molecule has 0 radical (unpaired) electrons.